The Kier molecular flexibility index (Phi) is 10.1. The van der Waals surface area contributed by atoms with E-state index < -0.39 is 11.1 Å². The fraction of sp³-hybridized carbons (Fsp3) is 0.611. The van der Waals surface area contributed by atoms with Gasteiger partial charge in [-0.3, -0.25) is 9.98 Å². The van der Waals surface area contributed by atoms with Crippen molar-refractivity contribution in [1.82, 2.24) is 9.80 Å². The highest BCUT2D eigenvalue weighted by Crippen LogP contribution is 2.34. The van der Waals surface area contributed by atoms with Crippen LogP contribution in [0.1, 0.15) is 115 Å². The van der Waals surface area contributed by atoms with Gasteiger partial charge in [0.15, 0.2) is 0 Å². The predicted molar refractivity (Wildman–Crippen MR) is 179 cm³/mol. The lowest BCUT2D eigenvalue weighted by Crippen LogP contribution is -2.30. The van der Waals surface area contributed by atoms with Crippen molar-refractivity contribution in [1.29, 1.82) is 0 Å². The number of aromatic hydroxyl groups is 2. The molecule has 2 aromatic rings. The van der Waals surface area contributed by atoms with Gasteiger partial charge in [-0.2, -0.15) is 0 Å². The summed E-state index contributed by atoms with van der Waals surface area (Å²) in [6.07, 6.45) is 5.34. The molecule has 1 aliphatic heterocycles. The largest absolute Gasteiger partial charge is 0.507 e. The van der Waals surface area contributed by atoms with Gasteiger partial charge in [0.05, 0.1) is 11.1 Å². The molecule has 0 unspecified atom stereocenters. The summed E-state index contributed by atoms with van der Waals surface area (Å²) in [5, 5.41) is 22.7. The molecule has 4 bridgehead atoms. The van der Waals surface area contributed by atoms with Crippen molar-refractivity contribution in [3.63, 3.8) is 0 Å². The van der Waals surface area contributed by atoms with Crippen LogP contribution in [0.15, 0.2) is 34.3 Å². The molecular formula is C36H56N4O2. The molecule has 2 aromatic carbocycles. The van der Waals surface area contributed by atoms with Crippen LogP contribution < -0.4 is 0 Å². The van der Waals surface area contributed by atoms with Crippen molar-refractivity contribution in [2.45, 2.75) is 117 Å². The monoisotopic (exact) mass is 576 g/mol. The van der Waals surface area contributed by atoms with E-state index in [1.54, 1.807) is 0 Å². The molecule has 2 N–H and O–H groups in total. The SMILES string of the molecule is CN1CCCN(C)Cc2cc(C(C)(C)C)cc(c2O)C=NC(C)(C)CC(C)(C)N=Cc2cc(C(C)(C)C)cc(c2O)C1. The van der Waals surface area contributed by atoms with E-state index in [1.165, 1.54) is 11.1 Å². The van der Waals surface area contributed by atoms with Gasteiger partial charge < -0.3 is 20.0 Å². The first-order valence-electron chi connectivity index (χ1n) is 15.4. The summed E-state index contributed by atoms with van der Waals surface area (Å²) in [5.41, 5.74) is 4.77. The molecule has 0 atom stereocenters. The minimum atomic E-state index is -0.425. The van der Waals surface area contributed by atoms with E-state index in [0.717, 1.165) is 41.8 Å². The van der Waals surface area contributed by atoms with E-state index in [0.29, 0.717) is 31.0 Å². The number of nitrogens with zero attached hydrogens (tertiary/aromatic N) is 4. The molecule has 6 nitrogen and oxygen atoms in total. The molecule has 42 heavy (non-hydrogen) atoms. The number of fused-ring (bicyclic) bond motifs is 4. The molecule has 0 spiro atoms. The fourth-order valence-corrected chi connectivity index (χ4v) is 5.73. The number of hydrogen-bond acceptors (Lipinski definition) is 6. The van der Waals surface area contributed by atoms with Crippen LogP contribution in [0.25, 0.3) is 0 Å². The Bertz CT molecular complexity index is 1210. The molecule has 1 aliphatic rings. The minimum Gasteiger partial charge on any atom is -0.507 e. The van der Waals surface area contributed by atoms with Gasteiger partial charge in [0.25, 0.3) is 0 Å². The average Bonchev–Trinajstić information content (AvgIpc) is 2.82. The van der Waals surface area contributed by atoms with E-state index >= 15 is 0 Å². The second kappa shape index (κ2) is 12.5. The van der Waals surface area contributed by atoms with Gasteiger partial charge in [-0.05, 0) is 102 Å². The molecule has 0 saturated heterocycles. The summed E-state index contributed by atoms with van der Waals surface area (Å²) < 4.78 is 0. The maximum atomic E-state index is 11.3. The Labute approximate surface area is 255 Å². The van der Waals surface area contributed by atoms with Crippen molar-refractivity contribution in [3.05, 3.63) is 57.6 Å². The quantitative estimate of drug-likeness (QED) is 0.342. The molecule has 1 heterocycles. The predicted octanol–water partition coefficient (Wildman–Crippen LogP) is 7.45. The van der Waals surface area contributed by atoms with Crippen LogP contribution in [0, 0.1) is 0 Å². The smallest absolute Gasteiger partial charge is 0.128 e. The van der Waals surface area contributed by atoms with Crippen molar-refractivity contribution in [2.24, 2.45) is 9.98 Å². The number of phenols is 2. The van der Waals surface area contributed by atoms with E-state index in [9.17, 15) is 10.2 Å². The highest BCUT2D eigenvalue weighted by molar-refractivity contribution is 5.86. The molecule has 0 aromatic heterocycles. The van der Waals surface area contributed by atoms with Crippen molar-refractivity contribution >= 4 is 12.4 Å². The highest BCUT2D eigenvalue weighted by atomic mass is 16.3. The van der Waals surface area contributed by atoms with Gasteiger partial charge in [-0.25, -0.2) is 0 Å². The van der Waals surface area contributed by atoms with Crippen LogP contribution in [0.5, 0.6) is 11.5 Å². The standard InChI is InChI=1S/C36H56N4O2/c1-33(2,3)29-16-25-20-37-35(7,8)24-36(9,10)38-21-26-17-30(34(4,5)6)19-28(32(26)42)23-40(12)15-13-14-39(11)22-27(18-29)31(25)41/h16-21,41-42H,13-15,22-24H2,1-12H3. The normalized spacial score (nSPS) is 19.5. The third-order valence-corrected chi connectivity index (χ3v) is 8.10. The van der Waals surface area contributed by atoms with Crippen LogP contribution in [-0.2, 0) is 23.9 Å². The molecular weight excluding hydrogens is 520 g/mol. The molecule has 6 heteroatoms. The van der Waals surface area contributed by atoms with E-state index in [4.69, 9.17) is 9.98 Å². The third-order valence-electron chi connectivity index (χ3n) is 8.10. The first-order valence-corrected chi connectivity index (χ1v) is 15.4. The van der Waals surface area contributed by atoms with Gasteiger partial charge in [-0.1, -0.05) is 53.7 Å². The number of benzene rings is 2. The Hall–Kier alpha value is -2.70. The van der Waals surface area contributed by atoms with Gasteiger partial charge in [0, 0.05) is 47.8 Å². The number of hydrogen-bond donors (Lipinski definition) is 2. The molecule has 0 fully saturated rings. The summed E-state index contributed by atoms with van der Waals surface area (Å²) >= 11 is 0. The molecule has 0 amide bonds. The molecule has 0 saturated carbocycles. The van der Waals surface area contributed by atoms with Crippen molar-refractivity contribution < 1.29 is 10.2 Å². The zero-order valence-corrected chi connectivity index (χ0v) is 28.4. The molecule has 0 radical (unpaired) electrons. The van der Waals surface area contributed by atoms with Gasteiger partial charge in [-0.15, -0.1) is 0 Å². The maximum absolute atomic E-state index is 11.3. The van der Waals surface area contributed by atoms with E-state index in [1.807, 2.05) is 12.4 Å². The van der Waals surface area contributed by atoms with Crippen LogP contribution in [0.2, 0.25) is 0 Å². The summed E-state index contributed by atoms with van der Waals surface area (Å²) in [6.45, 7) is 24.8. The highest BCUT2D eigenvalue weighted by Gasteiger charge is 2.28. The lowest BCUT2D eigenvalue weighted by atomic mass is 9.84. The number of phenolic OH excluding ortho intramolecular Hbond substituents is 2. The Balaban J connectivity index is 2.10. The van der Waals surface area contributed by atoms with Gasteiger partial charge in [0.2, 0.25) is 0 Å². The molecule has 232 valence electrons. The summed E-state index contributed by atoms with van der Waals surface area (Å²) in [5.74, 6) is 0.614. The van der Waals surface area contributed by atoms with Crippen LogP contribution >= 0.6 is 0 Å². The van der Waals surface area contributed by atoms with Crippen LogP contribution in [0.4, 0.5) is 0 Å². The Morgan fingerprint density at radius 2 is 1.00 bits per heavy atom. The second-order valence-electron chi connectivity index (χ2n) is 15.8. The minimum absolute atomic E-state index is 0.0550. The Morgan fingerprint density at radius 1 is 0.643 bits per heavy atom. The number of rotatable bonds is 0. The summed E-state index contributed by atoms with van der Waals surface area (Å²) in [4.78, 5) is 14.5. The third kappa shape index (κ3) is 9.15. The summed E-state index contributed by atoms with van der Waals surface area (Å²) in [7, 11) is 4.22. The first kappa shape index (κ1) is 33.8. The average molecular weight is 577 g/mol. The molecule has 3 rings (SSSR count). The van der Waals surface area contributed by atoms with Gasteiger partial charge >= 0.3 is 0 Å². The molecule has 0 aliphatic carbocycles. The van der Waals surface area contributed by atoms with Crippen molar-refractivity contribution in [2.75, 3.05) is 27.2 Å². The zero-order chi connectivity index (χ0) is 31.7. The maximum Gasteiger partial charge on any atom is 0.128 e. The van der Waals surface area contributed by atoms with Crippen molar-refractivity contribution in [3.8, 4) is 11.5 Å². The zero-order valence-electron chi connectivity index (χ0n) is 28.4. The lowest BCUT2D eigenvalue weighted by Gasteiger charge is -2.30. The summed E-state index contributed by atoms with van der Waals surface area (Å²) in [6, 6.07) is 8.44. The van der Waals surface area contributed by atoms with Gasteiger partial charge in [0.1, 0.15) is 11.5 Å². The lowest BCUT2D eigenvalue weighted by molar-refractivity contribution is 0.266. The van der Waals surface area contributed by atoms with Crippen LogP contribution in [0.3, 0.4) is 0 Å². The van der Waals surface area contributed by atoms with E-state index in [-0.39, 0.29) is 10.8 Å². The first-order chi connectivity index (χ1) is 19.2. The Morgan fingerprint density at radius 3 is 1.33 bits per heavy atom. The fourth-order valence-electron chi connectivity index (χ4n) is 5.73. The number of aliphatic imine (C=N–C) groups is 2. The van der Waals surface area contributed by atoms with E-state index in [2.05, 4.69) is 117 Å². The second-order valence-corrected chi connectivity index (χ2v) is 15.8. The topological polar surface area (TPSA) is 71.7 Å². The van der Waals surface area contributed by atoms with Crippen LogP contribution in [-0.4, -0.2) is 70.7 Å².